The van der Waals surface area contributed by atoms with Gasteiger partial charge in [-0.25, -0.2) is 4.57 Å². The quantitative estimate of drug-likeness (QED) is 0.0276. The highest BCUT2D eigenvalue weighted by molar-refractivity contribution is 7.47. The summed E-state index contributed by atoms with van der Waals surface area (Å²) in [5.74, 6) is -0.341. The normalized spacial score (nSPS) is 13.9. The van der Waals surface area contributed by atoms with Crippen LogP contribution in [0.4, 0.5) is 0 Å². The minimum atomic E-state index is -4.28. The number of phosphoric ester groups is 1. The molecule has 0 bridgehead atoms. The van der Waals surface area contributed by atoms with Gasteiger partial charge in [0.1, 0.15) is 6.10 Å². The van der Waals surface area contributed by atoms with Crippen molar-refractivity contribution in [1.82, 2.24) is 0 Å². The molecule has 0 aliphatic carbocycles. The first-order valence-electron chi connectivity index (χ1n) is 21.0. The Morgan fingerprint density at radius 3 is 1.59 bits per heavy atom. The third-order valence-corrected chi connectivity index (χ3v) is 9.76. The van der Waals surface area contributed by atoms with Crippen LogP contribution in [0.1, 0.15) is 187 Å². The van der Waals surface area contributed by atoms with Crippen LogP contribution >= 0.6 is 7.82 Å². The molecule has 0 aliphatic heterocycles. The fraction of sp³-hybridized carbons (Fsp3) is 0.833. The van der Waals surface area contributed by atoms with E-state index in [1.54, 1.807) is 0 Å². The van der Waals surface area contributed by atoms with Crippen LogP contribution in [0.3, 0.4) is 0 Å². The van der Waals surface area contributed by atoms with Gasteiger partial charge in [0.05, 0.1) is 19.8 Å². The number of unbranched alkanes of at least 4 members (excludes halogenated alkanes) is 21. The average molecular weight is 742 g/mol. The van der Waals surface area contributed by atoms with Gasteiger partial charge in [-0.1, -0.05) is 147 Å². The molecule has 0 heterocycles. The summed E-state index contributed by atoms with van der Waals surface area (Å²) in [5, 5.41) is 0. The molecule has 0 saturated heterocycles. The molecule has 2 unspecified atom stereocenters. The van der Waals surface area contributed by atoms with Gasteiger partial charge in [0, 0.05) is 19.6 Å². The summed E-state index contributed by atoms with van der Waals surface area (Å²) < 4.78 is 33.4. The fourth-order valence-corrected chi connectivity index (χ4v) is 6.43. The van der Waals surface area contributed by atoms with Crippen LogP contribution in [-0.4, -0.2) is 49.9 Å². The molecule has 9 heteroatoms. The number of hydrogen-bond donors (Lipinski definition) is 2. The summed E-state index contributed by atoms with van der Waals surface area (Å²) >= 11 is 0. The fourth-order valence-electron chi connectivity index (χ4n) is 5.67. The predicted molar refractivity (Wildman–Crippen MR) is 215 cm³/mol. The van der Waals surface area contributed by atoms with Crippen molar-refractivity contribution in [2.45, 2.75) is 193 Å². The van der Waals surface area contributed by atoms with E-state index in [-0.39, 0.29) is 32.3 Å². The molecule has 0 fully saturated rings. The van der Waals surface area contributed by atoms with Gasteiger partial charge < -0.3 is 20.1 Å². The topological polar surface area (TPSA) is 117 Å². The van der Waals surface area contributed by atoms with Crippen molar-refractivity contribution >= 4 is 13.8 Å². The molecule has 0 rings (SSSR count). The lowest BCUT2D eigenvalue weighted by atomic mass is 10.1. The van der Waals surface area contributed by atoms with Gasteiger partial charge in [-0.15, -0.1) is 0 Å². The molecular formula is C42H80NO7P. The Balaban J connectivity index is 4.07. The lowest BCUT2D eigenvalue weighted by Gasteiger charge is -2.20. The number of rotatable bonds is 40. The van der Waals surface area contributed by atoms with Crippen LogP contribution in [0.2, 0.25) is 0 Å². The molecule has 3 N–H and O–H groups in total. The minimum absolute atomic E-state index is 0.0977. The second-order valence-electron chi connectivity index (χ2n) is 13.8. The van der Waals surface area contributed by atoms with E-state index in [0.717, 1.165) is 44.9 Å². The summed E-state index contributed by atoms with van der Waals surface area (Å²) in [6, 6.07) is 0. The van der Waals surface area contributed by atoms with Crippen LogP contribution in [0.15, 0.2) is 36.5 Å². The summed E-state index contributed by atoms with van der Waals surface area (Å²) in [7, 11) is -4.28. The predicted octanol–water partition coefficient (Wildman–Crippen LogP) is 12.2. The van der Waals surface area contributed by atoms with E-state index in [4.69, 9.17) is 24.3 Å². The Bertz CT molecular complexity index is 879. The smallest absolute Gasteiger partial charge is 0.457 e. The molecule has 0 amide bonds. The summed E-state index contributed by atoms with van der Waals surface area (Å²) in [4.78, 5) is 22.4. The second kappa shape index (κ2) is 39.9. The zero-order valence-electron chi connectivity index (χ0n) is 33.1. The van der Waals surface area contributed by atoms with Gasteiger partial charge in [0.15, 0.2) is 0 Å². The molecule has 0 aromatic rings. The molecule has 0 radical (unpaired) electrons. The number of allylic oxidation sites excluding steroid dienone is 6. The van der Waals surface area contributed by atoms with Crippen LogP contribution in [0.5, 0.6) is 0 Å². The standard InChI is InChI=1S/C42H80NO7P/c1-3-5-7-9-11-13-15-17-19-20-21-23-25-27-29-31-33-35-42(44)50-41(40-49-51(45,46)48-38-36-43)39-47-37-34-32-30-28-26-24-22-18-16-14-12-10-8-6-4-2/h11,13,16-19,41H,3-10,12,14-15,20-40,43H2,1-2H3,(H,45,46)/b13-11-,18-16-,19-17-. The van der Waals surface area contributed by atoms with Gasteiger partial charge in [0.2, 0.25) is 0 Å². The van der Waals surface area contributed by atoms with Crippen LogP contribution in [-0.2, 0) is 27.9 Å². The number of carbonyl (C=O) groups excluding carboxylic acids is 1. The van der Waals surface area contributed by atoms with Crippen LogP contribution in [0, 0.1) is 0 Å². The Morgan fingerprint density at radius 2 is 1.04 bits per heavy atom. The van der Waals surface area contributed by atoms with E-state index >= 15 is 0 Å². The van der Waals surface area contributed by atoms with Crippen molar-refractivity contribution in [3.05, 3.63) is 36.5 Å². The molecule has 300 valence electrons. The zero-order valence-corrected chi connectivity index (χ0v) is 34.0. The van der Waals surface area contributed by atoms with E-state index in [2.05, 4.69) is 50.3 Å². The van der Waals surface area contributed by atoms with Crippen molar-refractivity contribution < 1.29 is 32.8 Å². The number of hydrogen-bond acceptors (Lipinski definition) is 7. The lowest BCUT2D eigenvalue weighted by molar-refractivity contribution is -0.154. The van der Waals surface area contributed by atoms with Crippen molar-refractivity contribution in [2.24, 2.45) is 5.73 Å². The lowest BCUT2D eigenvalue weighted by Crippen LogP contribution is -2.28. The van der Waals surface area contributed by atoms with E-state index in [1.165, 1.54) is 122 Å². The van der Waals surface area contributed by atoms with Crippen molar-refractivity contribution in [2.75, 3.05) is 33.0 Å². The monoisotopic (exact) mass is 742 g/mol. The molecule has 8 nitrogen and oxygen atoms in total. The molecular weight excluding hydrogens is 661 g/mol. The minimum Gasteiger partial charge on any atom is -0.457 e. The SMILES string of the molecule is CCCCC/C=C\C/C=C\CCCCCCCCCC(=O)OC(COCCCCCCCC/C=C\CCCCCCC)COP(=O)(O)OCCN. The largest absolute Gasteiger partial charge is 0.472 e. The van der Waals surface area contributed by atoms with Crippen molar-refractivity contribution in [1.29, 1.82) is 0 Å². The van der Waals surface area contributed by atoms with E-state index < -0.39 is 13.9 Å². The van der Waals surface area contributed by atoms with Crippen molar-refractivity contribution in [3.63, 3.8) is 0 Å². The van der Waals surface area contributed by atoms with Gasteiger partial charge in [-0.3, -0.25) is 13.8 Å². The number of ether oxygens (including phenoxy) is 2. The molecule has 0 saturated carbocycles. The maximum atomic E-state index is 12.6. The van der Waals surface area contributed by atoms with Crippen LogP contribution < -0.4 is 5.73 Å². The molecule has 0 spiro atoms. The zero-order chi connectivity index (χ0) is 37.4. The molecule has 2 atom stereocenters. The van der Waals surface area contributed by atoms with E-state index in [1.807, 2.05) is 0 Å². The molecule has 0 aromatic carbocycles. The number of esters is 1. The summed E-state index contributed by atoms with van der Waals surface area (Å²) in [6.07, 6.45) is 44.4. The Kier molecular flexibility index (Phi) is 38.9. The number of phosphoric acid groups is 1. The van der Waals surface area contributed by atoms with Gasteiger partial charge in [-0.2, -0.15) is 0 Å². The highest BCUT2D eigenvalue weighted by atomic mass is 31.2. The first-order valence-corrected chi connectivity index (χ1v) is 22.5. The average Bonchev–Trinajstić information content (AvgIpc) is 3.12. The third-order valence-electron chi connectivity index (χ3n) is 8.78. The maximum Gasteiger partial charge on any atom is 0.472 e. The van der Waals surface area contributed by atoms with Gasteiger partial charge in [-0.05, 0) is 70.6 Å². The van der Waals surface area contributed by atoms with Gasteiger partial charge >= 0.3 is 13.8 Å². The van der Waals surface area contributed by atoms with Gasteiger partial charge in [0.25, 0.3) is 0 Å². The van der Waals surface area contributed by atoms with Crippen molar-refractivity contribution in [3.8, 4) is 0 Å². The Labute approximate surface area is 314 Å². The number of carbonyl (C=O) groups is 1. The molecule has 0 aromatic heterocycles. The van der Waals surface area contributed by atoms with E-state index in [0.29, 0.717) is 13.0 Å². The highest BCUT2D eigenvalue weighted by Crippen LogP contribution is 2.43. The third kappa shape index (κ3) is 39.8. The first kappa shape index (κ1) is 49.7. The van der Waals surface area contributed by atoms with Crippen LogP contribution in [0.25, 0.3) is 0 Å². The maximum absolute atomic E-state index is 12.6. The molecule has 0 aliphatic rings. The number of nitrogens with two attached hydrogens (primary N) is 1. The highest BCUT2D eigenvalue weighted by Gasteiger charge is 2.25. The molecule has 51 heavy (non-hydrogen) atoms. The Hall–Kier alpha value is -1.28. The second-order valence-corrected chi connectivity index (χ2v) is 15.3. The first-order chi connectivity index (χ1) is 24.9. The summed E-state index contributed by atoms with van der Waals surface area (Å²) in [6.45, 7) is 4.87. The Morgan fingerprint density at radius 1 is 0.588 bits per heavy atom. The summed E-state index contributed by atoms with van der Waals surface area (Å²) in [5.41, 5.74) is 5.36. The van der Waals surface area contributed by atoms with E-state index in [9.17, 15) is 14.3 Å².